The molecule has 224 valence electrons. The average molecular weight is 580 g/mol. The lowest BCUT2D eigenvalue weighted by atomic mass is 9.68. The van der Waals surface area contributed by atoms with Crippen molar-refractivity contribution >= 4 is 11.9 Å². The summed E-state index contributed by atoms with van der Waals surface area (Å²) in [4.78, 5) is 32.6. The highest BCUT2D eigenvalue weighted by molar-refractivity contribution is 5.83. The molecule has 43 heavy (non-hydrogen) atoms. The molecule has 0 radical (unpaired) electrons. The second-order valence-electron chi connectivity index (χ2n) is 12.4. The van der Waals surface area contributed by atoms with E-state index >= 15 is 0 Å². The molecule has 6 atom stereocenters. The molecule has 5 aliphatic heterocycles. The van der Waals surface area contributed by atoms with Crippen LogP contribution in [0.5, 0.6) is 0 Å². The van der Waals surface area contributed by atoms with E-state index in [1.807, 2.05) is 37.4 Å². The van der Waals surface area contributed by atoms with Gasteiger partial charge in [-0.15, -0.1) is 0 Å². The number of fused-ring (bicyclic) bond motifs is 2. The zero-order valence-electron chi connectivity index (χ0n) is 25.0. The Morgan fingerprint density at radius 2 is 1.79 bits per heavy atom. The number of benzene rings is 2. The van der Waals surface area contributed by atoms with Gasteiger partial charge in [0.1, 0.15) is 23.9 Å². The summed E-state index contributed by atoms with van der Waals surface area (Å²) in [7, 11) is 1.85. The molecule has 7 rings (SSSR count). The highest BCUT2D eigenvalue weighted by atomic mass is 16.5. The van der Waals surface area contributed by atoms with Crippen LogP contribution >= 0.6 is 0 Å². The van der Waals surface area contributed by atoms with Crippen LogP contribution in [0, 0.1) is 0 Å². The smallest absolute Gasteiger partial charge is 0.334 e. The number of ether oxygens (including phenoxy) is 1. The van der Waals surface area contributed by atoms with Crippen LogP contribution in [0.1, 0.15) is 43.2 Å². The average Bonchev–Trinajstić information content (AvgIpc) is 3.10. The standard InChI is InChI=1S/C35H41N5O3/c1-3-4-18-29-35-30-19-12-11-17-27(20-31(35)43-30)28(26-15-9-6-10-16-26)22-38(35)23-32-39(29)33(41)24-37(2)40(32)34(42)36-21-25-13-7-5-8-14-25/h5-17,19-20,28-32H,3-4,18,21-24H2,1-2H3,(H,36,42)/b17-11-,19-12-/t28?,29-,30?,31?,32-,35?/m0/s1. The lowest BCUT2D eigenvalue weighted by Crippen LogP contribution is -2.88. The fourth-order valence-corrected chi connectivity index (χ4v) is 8.03. The normalized spacial score (nSPS) is 33.1. The minimum atomic E-state index is -0.420. The van der Waals surface area contributed by atoms with Gasteiger partial charge in [-0.05, 0) is 29.2 Å². The van der Waals surface area contributed by atoms with Gasteiger partial charge in [-0.2, -0.15) is 0 Å². The van der Waals surface area contributed by atoms with Crippen LogP contribution in [0.4, 0.5) is 4.79 Å². The van der Waals surface area contributed by atoms with Crippen LogP contribution in [-0.4, -0.2) is 88.4 Å². The van der Waals surface area contributed by atoms with E-state index in [1.54, 1.807) is 10.0 Å². The predicted molar refractivity (Wildman–Crippen MR) is 166 cm³/mol. The number of rotatable bonds is 6. The molecule has 1 N–H and O–H groups in total. The van der Waals surface area contributed by atoms with Crippen LogP contribution in [0.3, 0.4) is 0 Å². The summed E-state index contributed by atoms with van der Waals surface area (Å²) in [6.07, 6.45) is 13.1. The SMILES string of the molecule is CCCC[C@@H]1N2C(=O)CN(C)N(C(=O)NCc3ccccc3)[C@H]2CN2CC(c3ccccc3)C3=CC4OC(/C=C\C=C/3)C412. The Hall–Kier alpha value is -3.72. The number of urea groups is 1. The number of amides is 3. The number of hydrogen-bond donors (Lipinski definition) is 1. The second-order valence-corrected chi connectivity index (χ2v) is 12.4. The molecule has 1 spiro atoms. The Labute approximate surface area is 254 Å². The Bertz CT molecular complexity index is 1440. The maximum absolute atomic E-state index is 14.0. The molecular weight excluding hydrogens is 538 g/mol. The first-order chi connectivity index (χ1) is 21.0. The van der Waals surface area contributed by atoms with E-state index in [-0.39, 0.29) is 42.7 Å². The first-order valence-electron chi connectivity index (χ1n) is 15.7. The fraction of sp³-hybridized carbons (Fsp3) is 0.429. The second kappa shape index (κ2) is 11.4. The van der Waals surface area contributed by atoms with E-state index < -0.39 is 11.7 Å². The summed E-state index contributed by atoms with van der Waals surface area (Å²) < 4.78 is 6.64. The van der Waals surface area contributed by atoms with Crippen molar-refractivity contribution in [2.24, 2.45) is 0 Å². The molecule has 3 saturated heterocycles. The first kappa shape index (κ1) is 28.1. The summed E-state index contributed by atoms with van der Waals surface area (Å²) >= 11 is 0. The van der Waals surface area contributed by atoms with Gasteiger partial charge in [0.2, 0.25) is 5.91 Å². The van der Waals surface area contributed by atoms with E-state index in [0.717, 1.165) is 31.4 Å². The van der Waals surface area contributed by atoms with E-state index in [1.165, 1.54) is 11.1 Å². The molecule has 3 bridgehead atoms. The number of carbonyl (C=O) groups is 2. The molecule has 2 aromatic rings. The fourth-order valence-electron chi connectivity index (χ4n) is 8.03. The lowest BCUT2D eigenvalue weighted by molar-refractivity contribution is -0.285. The number of hydrazine groups is 1. The van der Waals surface area contributed by atoms with Crippen molar-refractivity contribution in [2.75, 3.05) is 26.7 Å². The van der Waals surface area contributed by atoms with E-state index in [2.05, 4.69) is 82.8 Å². The number of unbranched alkanes of at least 4 members (excludes halogenated alkanes) is 1. The lowest BCUT2D eigenvalue weighted by Gasteiger charge is -2.69. The van der Waals surface area contributed by atoms with Gasteiger partial charge < -0.3 is 15.0 Å². The summed E-state index contributed by atoms with van der Waals surface area (Å²) in [5.74, 6) is 0.218. The van der Waals surface area contributed by atoms with E-state index in [9.17, 15) is 9.59 Å². The number of hydrogen-bond acceptors (Lipinski definition) is 5. The van der Waals surface area contributed by atoms with Crippen LogP contribution in [0.25, 0.3) is 0 Å². The molecule has 0 aliphatic carbocycles. The third kappa shape index (κ3) is 4.63. The summed E-state index contributed by atoms with van der Waals surface area (Å²) in [5, 5.41) is 6.72. The predicted octanol–water partition coefficient (Wildman–Crippen LogP) is 4.44. The monoisotopic (exact) mass is 579 g/mol. The summed E-state index contributed by atoms with van der Waals surface area (Å²) in [6, 6.07) is 20.3. The maximum Gasteiger partial charge on any atom is 0.334 e. The first-order valence-corrected chi connectivity index (χ1v) is 15.7. The Morgan fingerprint density at radius 3 is 2.56 bits per heavy atom. The molecule has 0 aromatic heterocycles. The van der Waals surface area contributed by atoms with Gasteiger partial charge in [-0.25, -0.2) is 14.8 Å². The number of piperazine rings is 1. The van der Waals surface area contributed by atoms with Crippen LogP contribution < -0.4 is 5.32 Å². The number of nitrogens with one attached hydrogen (secondary N) is 1. The highest BCUT2D eigenvalue weighted by Crippen LogP contribution is 2.53. The summed E-state index contributed by atoms with van der Waals surface area (Å²) in [5.41, 5.74) is 3.14. The number of allylic oxidation sites excluding steroid dienone is 3. The molecule has 8 heteroatoms. The van der Waals surface area contributed by atoms with Crippen LogP contribution in [-0.2, 0) is 16.1 Å². The van der Waals surface area contributed by atoms with Gasteiger partial charge in [0.25, 0.3) is 0 Å². The third-order valence-corrected chi connectivity index (χ3v) is 9.99. The van der Waals surface area contributed by atoms with Gasteiger partial charge in [0.05, 0.1) is 12.6 Å². The largest absolute Gasteiger partial charge is 0.363 e. The van der Waals surface area contributed by atoms with Crippen molar-refractivity contribution in [1.82, 2.24) is 25.1 Å². The Balaban J connectivity index is 1.30. The maximum atomic E-state index is 14.0. The van der Waals surface area contributed by atoms with Crippen molar-refractivity contribution in [3.8, 4) is 0 Å². The van der Waals surface area contributed by atoms with Crippen LogP contribution in [0.15, 0.2) is 96.6 Å². The van der Waals surface area contributed by atoms with Gasteiger partial charge in [-0.1, -0.05) is 105 Å². The Morgan fingerprint density at radius 1 is 1.02 bits per heavy atom. The number of carbonyl (C=O) groups excluding carboxylic acids is 2. The van der Waals surface area contributed by atoms with Crippen LogP contribution in [0.2, 0.25) is 0 Å². The zero-order valence-corrected chi connectivity index (χ0v) is 25.0. The molecule has 8 nitrogen and oxygen atoms in total. The van der Waals surface area contributed by atoms with Gasteiger partial charge in [0.15, 0.2) is 0 Å². The molecule has 3 amide bonds. The third-order valence-electron chi connectivity index (χ3n) is 9.99. The topological polar surface area (TPSA) is 68.4 Å². The zero-order chi connectivity index (χ0) is 29.6. The molecule has 5 heterocycles. The molecule has 4 unspecified atom stereocenters. The van der Waals surface area contributed by atoms with Crippen molar-refractivity contribution in [2.45, 2.75) is 68.6 Å². The molecular formula is C35H41N5O3. The van der Waals surface area contributed by atoms with Crippen molar-refractivity contribution < 1.29 is 14.3 Å². The minimum absolute atomic E-state index is 0.0733. The molecule has 3 fully saturated rings. The van der Waals surface area contributed by atoms with Crippen molar-refractivity contribution in [3.05, 3.63) is 108 Å². The summed E-state index contributed by atoms with van der Waals surface area (Å²) in [6.45, 7) is 4.13. The number of likely N-dealkylation sites (N-methyl/N-ethyl adjacent to an activating group) is 1. The molecule has 2 aromatic carbocycles. The molecule has 5 aliphatic rings. The van der Waals surface area contributed by atoms with Crippen molar-refractivity contribution in [1.29, 1.82) is 0 Å². The molecule has 0 saturated carbocycles. The van der Waals surface area contributed by atoms with Crippen molar-refractivity contribution in [3.63, 3.8) is 0 Å². The van der Waals surface area contributed by atoms with Gasteiger partial charge >= 0.3 is 6.03 Å². The quantitative estimate of drug-likeness (QED) is 0.548. The highest BCUT2D eigenvalue weighted by Gasteiger charge is 2.69. The Kier molecular flexibility index (Phi) is 7.45. The van der Waals surface area contributed by atoms with Gasteiger partial charge in [0, 0.05) is 32.6 Å². The van der Waals surface area contributed by atoms with Gasteiger partial charge in [-0.3, -0.25) is 9.69 Å². The minimum Gasteiger partial charge on any atom is -0.363 e. The van der Waals surface area contributed by atoms with E-state index in [0.29, 0.717) is 13.1 Å². The van der Waals surface area contributed by atoms with E-state index in [4.69, 9.17) is 4.74 Å². The number of nitrogens with zero attached hydrogens (tertiary/aromatic N) is 4.